The molecule has 2 heterocycles. The first-order valence-corrected chi connectivity index (χ1v) is 14.3. The van der Waals surface area contributed by atoms with Gasteiger partial charge in [0.15, 0.2) is 6.04 Å². The highest BCUT2D eigenvalue weighted by molar-refractivity contribution is 6.03. The Kier molecular flexibility index (Phi) is 8.40. The summed E-state index contributed by atoms with van der Waals surface area (Å²) in [4.78, 5) is 32.1. The second-order valence-corrected chi connectivity index (χ2v) is 11.7. The Morgan fingerprint density at radius 1 is 1.12 bits per heavy atom. The molecule has 5 rings (SSSR count). The molecule has 1 fully saturated rings. The van der Waals surface area contributed by atoms with Gasteiger partial charge in [0.25, 0.3) is 5.91 Å². The van der Waals surface area contributed by atoms with E-state index in [9.17, 15) is 9.59 Å². The van der Waals surface area contributed by atoms with Crippen molar-refractivity contribution < 1.29 is 14.3 Å². The van der Waals surface area contributed by atoms with Crippen molar-refractivity contribution in [1.29, 1.82) is 0 Å². The van der Waals surface area contributed by atoms with Crippen LogP contribution in [-0.4, -0.2) is 61.6 Å². The Balaban J connectivity index is 1.49. The van der Waals surface area contributed by atoms with E-state index in [2.05, 4.69) is 22.3 Å². The van der Waals surface area contributed by atoms with Crippen molar-refractivity contribution in [2.24, 2.45) is 16.6 Å². The highest BCUT2D eigenvalue weighted by Gasteiger charge is 2.46. The zero-order valence-electron chi connectivity index (χ0n) is 24.0. The Hall–Kier alpha value is -3.79. The molecule has 2 aliphatic rings. The summed E-state index contributed by atoms with van der Waals surface area (Å²) < 4.78 is 4.30. The summed E-state index contributed by atoms with van der Waals surface area (Å²) in [6, 6.07) is 18.3. The monoisotopic (exact) mass is 557 g/mol. The van der Waals surface area contributed by atoms with E-state index in [1.54, 1.807) is 12.1 Å². The lowest BCUT2D eigenvalue weighted by Crippen LogP contribution is -2.58. The maximum absolute atomic E-state index is 15.1. The van der Waals surface area contributed by atoms with Gasteiger partial charge in [0.2, 0.25) is 0 Å². The average molecular weight is 558 g/mol. The average Bonchev–Trinajstić information content (AvgIpc) is 3.24. The number of nitrogens with zero attached hydrogens (tertiary/aromatic N) is 3. The van der Waals surface area contributed by atoms with E-state index in [-0.39, 0.29) is 36.9 Å². The Labute approximate surface area is 241 Å². The van der Waals surface area contributed by atoms with Gasteiger partial charge in [-0.25, -0.2) is 4.79 Å². The molecule has 2 unspecified atom stereocenters. The van der Waals surface area contributed by atoms with E-state index in [0.717, 1.165) is 47.8 Å². The van der Waals surface area contributed by atoms with Gasteiger partial charge in [0.05, 0.1) is 6.61 Å². The van der Waals surface area contributed by atoms with Gasteiger partial charge in [0.1, 0.15) is 18.1 Å². The number of piperidine rings is 1. The van der Waals surface area contributed by atoms with E-state index in [0.29, 0.717) is 17.7 Å². The minimum absolute atomic E-state index is 0.0301. The van der Waals surface area contributed by atoms with Crippen LogP contribution < -0.4 is 15.7 Å². The number of nitrogens with two attached hydrogens (primary N) is 1. The van der Waals surface area contributed by atoms with Crippen LogP contribution in [0.5, 0.6) is 0 Å². The number of rotatable bonds is 7. The number of aliphatic imine (C=N–C) groups is 1. The molecule has 41 heavy (non-hydrogen) atoms. The van der Waals surface area contributed by atoms with Gasteiger partial charge < -0.3 is 30.5 Å². The molecule has 2 aliphatic heterocycles. The first-order chi connectivity index (χ1) is 19.6. The molecular weight excluding hydrogens is 518 g/mol. The van der Waals surface area contributed by atoms with Gasteiger partial charge in [0, 0.05) is 35.2 Å². The van der Waals surface area contributed by atoms with E-state index in [1.807, 2.05) is 62.4 Å². The van der Waals surface area contributed by atoms with Gasteiger partial charge in [-0.3, -0.25) is 4.79 Å². The number of ether oxygens (including phenoxy) is 1. The van der Waals surface area contributed by atoms with Crippen molar-refractivity contribution in [2.45, 2.75) is 51.7 Å². The highest BCUT2D eigenvalue weighted by atomic mass is 16.6. The van der Waals surface area contributed by atoms with E-state index >= 15 is 5.21 Å². The Morgan fingerprint density at radius 2 is 1.85 bits per heavy atom. The minimum atomic E-state index is -0.854. The molecule has 3 aromatic carbocycles. The lowest BCUT2D eigenvalue weighted by molar-refractivity contribution is -0.126. The first-order valence-electron chi connectivity index (χ1n) is 14.3. The highest BCUT2D eigenvalue weighted by Crippen LogP contribution is 2.42. The lowest BCUT2D eigenvalue weighted by Gasteiger charge is -2.44. The van der Waals surface area contributed by atoms with Crippen molar-refractivity contribution >= 4 is 34.3 Å². The van der Waals surface area contributed by atoms with Crippen LogP contribution in [-0.2, 0) is 22.5 Å². The topological polar surface area (TPSA) is 120 Å². The van der Waals surface area contributed by atoms with E-state index in [4.69, 9.17) is 10.5 Å². The van der Waals surface area contributed by atoms with Crippen LogP contribution in [0.2, 0.25) is 0 Å². The lowest BCUT2D eigenvalue weighted by atomic mass is 10.0. The molecule has 0 spiro atoms. The third-order valence-electron chi connectivity index (χ3n) is 8.11. The molecule has 0 radical (unpaired) electrons. The fraction of sp³-hybridized carbons (Fsp3) is 0.406. The predicted molar refractivity (Wildman–Crippen MR) is 162 cm³/mol. The number of hydrogen-bond acceptors (Lipinski definition) is 5. The maximum Gasteiger partial charge on any atom is 0.435 e. The van der Waals surface area contributed by atoms with Crippen molar-refractivity contribution in [1.82, 2.24) is 14.9 Å². The number of benzene rings is 3. The number of hydrogen-bond donors (Lipinski definition) is 2. The molecule has 0 bridgehead atoms. The molecule has 216 valence electrons. The third-order valence-corrected chi connectivity index (χ3v) is 8.11. The minimum Gasteiger partial charge on any atom is -0.627 e. The predicted octanol–water partition coefficient (Wildman–Crippen LogP) is 4.48. The molecule has 9 nitrogen and oxygen atoms in total. The van der Waals surface area contributed by atoms with E-state index < -0.39 is 16.8 Å². The van der Waals surface area contributed by atoms with Crippen LogP contribution in [0, 0.1) is 11.1 Å². The van der Waals surface area contributed by atoms with Gasteiger partial charge in [-0.1, -0.05) is 68.4 Å². The summed E-state index contributed by atoms with van der Waals surface area (Å²) in [5.74, 6) is -0.0932. The van der Waals surface area contributed by atoms with Crippen LogP contribution in [0.3, 0.4) is 0 Å². The molecule has 0 aromatic heterocycles. The second-order valence-electron chi connectivity index (χ2n) is 11.7. The number of carbonyl (C=O) groups excluding carboxylic acids is 2. The zero-order valence-corrected chi connectivity index (χ0v) is 24.0. The van der Waals surface area contributed by atoms with Crippen LogP contribution in [0.15, 0.2) is 65.7 Å². The standard InChI is InChI=1S/C32H39N5O4/c1-21(2)20-41-32(39)35-30(33)24-12-11-23-17-29(31(38)34-26-13-15-36(3)16-14-26)37(40,28(23)18-24)19-25-9-6-8-22-7-4-5-10-27(22)25/h4-12,18,21,26,29H,13-17,19-20H2,1-3H3,(H,34,38)(H2,33,35,39). The Morgan fingerprint density at radius 3 is 2.61 bits per heavy atom. The second kappa shape index (κ2) is 12.0. The van der Waals surface area contributed by atoms with E-state index in [1.165, 1.54) is 0 Å². The molecule has 1 saturated heterocycles. The first kappa shape index (κ1) is 28.7. The van der Waals surface area contributed by atoms with Crippen molar-refractivity contribution in [3.63, 3.8) is 0 Å². The molecular formula is C32H39N5O4. The molecule has 0 saturated carbocycles. The number of quaternary nitrogens is 1. The van der Waals surface area contributed by atoms with Crippen LogP contribution in [0.25, 0.3) is 10.8 Å². The summed E-state index contributed by atoms with van der Waals surface area (Å²) in [6.07, 6.45) is 1.25. The molecule has 3 N–H and O–H groups in total. The van der Waals surface area contributed by atoms with Gasteiger partial charge in [-0.05, 0) is 49.7 Å². The van der Waals surface area contributed by atoms with Crippen molar-refractivity contribution in [3.8, 4) is 0 Å². The van der Waals surface area contributed by atoms with Crippen LogP contribution >= 0.6 is 0 Å². The number of carbonyl (C=O) groups is 2. The molecule has 0 aliphatic carbocycles. The molecule has 9 heteroatoms. The maximum atomic E-state index is 15.1. The fourth-order valence-electron chi connectivity index (χ4n) is 5.82. The summed E-state index contributed by atoms with van der Waals surface area (Å²) in [5, 5.41) is 20.3. The third kappa shape index (κ3) is 6.27. The SMILES string of the molecule is CC(C)COC(=O)/N=C(/N)c1ccc2c(c1)[N+]([O-])(Cc1cccc3ccccc13)C(C(=O)NC1CCN(C)CC1)C2. The fourth-order valence-corrected chi connectivity index (χ4v) is 5.82. The van der Waals surface area contributed by atoms with Gasteiger partial charge in [-0.2, -0.15) is 4.99 Å². The Bertz CT molecular complexity index is 1460. The van der Waals surface area contributed by atoms with Crippen molar-refractivity contribution in [3.05, 3.63) is 82.6 Å². The number of likely N-dealkylation sites (tertiary alicyclic amines) is 1. The number of amidine groups is 1. The zero-order chi connectivity index (χ0) is 29.1. The quantitative estimate of drug-likeness (QED) is 0.191. The van der Waals surface area contributed by atoms with Gasteiger partial charge >= 0.3 is 6.09 Å². The number of nitrogens with one attached hydrogen (secondary N) is 1. The molecule has 2 amide bonds. The summed E-state index contributed by atoms with van der Waals surface area (Å²) in [6.45, 7) is 6.00. The number of fused-ring (bicyclic) bond motifs is 2. The molecule has 2 atom stereocenters. The van der Waals surface area contributed by atoms with Crippen LogP contribution in [0.4, 0.5) is 10.5 Å². The normalized spacial score (nSPS) is 21.7. The number of hydroxylamine groups is 2. The smallest absolute Gasteiger partial charge is 0.435 e. The summed E-state index contributed by atoms with van der Waals surface area (Å²) >= 11 is 0. The van der Waals surface area contributed by atoms with Gasteiger partial charge in [-0.15, -0.1) is 0 Å². The summed E-state index contributed by atoms with van der Waals surface area (Å²) in [5.41, 5.74) is 8.77. The molecule has 3 aromatic rings. The largest absolute Gasteiger partial charge is 0.627 e. The summed E-state index contributed by atoms with van der Waals surface area (Å²) in [7, 11) is 2.08. The van der Waals surface area contributed by atoms with Crippen LogP contribution in [0.1, 0.15) is 43.4 Å². The van der Waals surface area contributed by atoms with Crippen molar-refractivity contribution in [2.75, 3.05) is 26.7 Å². The number of amides is 2.